The minimum absolute atomic E-state index is 0.288. The molecule has 0 aromatic heterocycles. The number of nitrogens with zero attached hydrogens (tertiary/aromatic N) is 1. The van der Waals surface area contributed by atoms with Crippen LogP contribution in [0.2, 0.25) is 0 Å². The molecule has 0 bridgehead atoms. The molecule has 0 aromatic carbocycles. The van der Waals surface area contributed by atoms with Crippen LogP contribution in [0.15, 0.2) is 12.8 Å². The van der Waals surface area contributed by atoms with Crippen molar-refractivity contribution >= 4 is 14.7 Å². The van der Waals surface area contributed by atoms with Crippen LogP contribution < -0.4 is 5.32 Å². The summed E-state index contributed by atoms with van der Waals surface area (Å²) in [6.45, 7) is 5.28. The topological polar surface area (TPSA) is 66.0 Å². The number of nitrogens with one attached hydrogen (secondary N) is 1. The van der Waals surface area contributed by atoms with Crippen LogP contribution in [-0.4, -0.2) is 65.1 Å². The van der Waals surface area contributed by atoms with Crippen molar-refractivity contribution in [1.82, 2.24) is 5.32 Å². The summed E-state index contributed by atoms with van der Waals surface area (Å²) in [6, 6.07) is 0. The molecule has 1 N–H and O–H groups in total. The van der Waals surface area contributed by atoms with E-state index < -0.39 is 14.7 Å². The lowest BCUT2D eigenvalue weighted by Crippen LogP contribution is -2.37. The Bertz CT molecular complexity index is 270. The van der Waals surface area contributed by atoms with Crippen molar-refractivity contribution in [1.29, 1.82) is 0 Å². The average Bonchev–Trinajstić information content (AvgIpc) is 2.31. The molecule has 19 heavy (non-hydrogen) atoms. The van der Waals surface area contributed by atoms with Gasteiger partial charge in [-0.1, -0.05) is 6.58 Å². The average molecular weight is 295 g/mol. The van der Waals surface area contributed by atoms with E-state index >= 15 is 0 Å². The number of rotatable bonds is 10. The summed E-state index contributed by atoms with van der Waals surface area (Å²) in [5.41, 5.74) is 0. The van der Waals surface area contributed by atoms with Crippen molar-refractivity contribution in [2.24, 2.45) is 0 Å². The largest absolute Gasteiger partial charge is 0.419 e. The lowest BCUT2D eigenvalue weighted by molar-refractivity contribution is -0.870. The molecule has 0 saturated carbocycles. The second-order valence-electron chi connectivity index (χ2n) is 4.59. The molecule has 0 aliphatic heterocycles. The van der Waals surface area contributed by atoms with Crippen molar-refractivity contribution < 1.29 is 27.6 Å². The highest BCUT2D eigenvalue weighted by atomic mass is 31.2. The van der Waals surface area contributed by atoms with Gasteiger partial charge in [0, 0.05) is 13.7 Å². The lowest BCUT2D eigenvalue weighted by atomic mass is 10.5. The van der Waals surface area contributed by atoms with E-state index in [1.807, 2.05) is 0 Å². The number of likely N-dealkylation sites (N-methyl/N-ethyl adjacent to an activating group) is 1. The molecular formula is C11H24N2O5P+. The van der Waals surface area contributed by atoms with Gasteiger partial charge in [-0.2, -0.15) is 0 Å². The molecule has 112 valence electrons. The van der Waals surface area contributed by atoms with Gasteiger partial charge in [0.05, 0.1) is 34.0 Å². The molecule has 0 saturated heterocycles. The summed E-state index contributed by atoms with van der Waals surface area (Å²) in [6.07, 6.45) is 0.498. The fourth-order valence-corrected chi connectivity index (χ4v) is 1.68. The highest BCUT2D eigenvalue weighted by Gasteiger charge is 2.13. The summed E-state index contributed by atoms with van der Waals surface area (Å²) in [4.78, 5) is 10.9. The molecule has 0 spiro atoms. The summed E-state index contributed by atoms with van der Waals surface area (Å²) in [5, 5.41) is 2.48. The predicted molar refractivity (Wildman–Crippen MR) is 73.4 cm³/mol. The molecule has 1 amide bonds. The SMILES string of the molecule is C=COC(=O)NCCOP(OC)OCC[N+](C)(C)C. The van der Waals surface area contributed by atoms with E-state index in [0.717, 1.165) is 17.3 Å². The molecule has 1 unspecified atom stereocenters. The summed E-state index contributed by atoms with van der Waals surface area (Å²) in [5.74, 6) is 0. The van der Waals surface area contributed by atoms with Gasteiger partial charge in [0.2, 0.25) is 0 Å². The van der Waals surface area contributed by atoms with Gasteiger partial charge >= 0.3 is 14.7 Å². The first-order chi connectivity index (χ1) is 8.89. The molecule has 0 rings (SSSR count). The first-order valence-electron chi connectivity index (χ1n) is 5.85. The van der Waals surface area contributed by atoms with Crippen LogP contribution in [0.1, 0.15) is 0 Å². The van der Waals surface area contributed by atoms with Crippen molar-refractivity contribution in [2.75, 3.05) is 54.6 Å². The normalized spacial score (nSPS) is 12.8. The summed E-state index contributed by atoms with van der Waals surface area (Å²) in [7, 11) is 6.39. The van der Waals surface area contributed by atoms with Crippen molar-refractivity contribution in [2.45, 2.75) is 0 Å². The maximum absolute atomic E-state index is 10.9. The molecule has 0 radical (unpaired) electrons. The number of carbonyl (C=O) groups is 1. The third-order valence-corrected chi connectivity index (χ3v) is 2.95. The highest BCUT2D eigenvalue weighted by Crippen LogP contribution is 2.37. The van der Waals surface area contributed by atoms with Crippen LogP contribution >= 0.6 is 8.60 Å². The second kappa shape index (κ2) is 10.1. The number of ether oxygens (including phenoxy) is 1. The summed E-state index contributed by atoms with van der Waals surface area (Å²) >= 11 is 0. The monoisotopic (exact) mass is 295 g/mol. The fraction of sp³-hybridized carbons (Fsp3) is 0.727. The molecule has 1 atom stereocenters. The van der Waals surface area contributed by atoms with E-state index in [9.17, 15) is 4.79 Å². The Morgan fingerprint density at radius 3 is 2.47 bits per heavy atom. The van der Waals surface area contributed by atoms with Gasteiger partial charge in [0.25, 0.3) is 0 Å². The fourth-order valence-electron chi connectivity index (χ4n) is 0.923. The Kier molecular flexibility index (Phi) is 9.73. The van der Waals surface area contributed by atoms with Gasteiger partial charge in [0.15, 0.2) is 0 Å². The smallest absolute Gasteiger partial charge is 0.412 e. The molecule has 7 nitrogen and oxygen atoms in total. The zero-order chi connectivity index (χ0) is 14.7. The highest BCUT2D eigenvalue weighted by molar-refractivity contribution is 7.41. The van der Waals surface area contributed by atoms with Crippen molar-refractivity contribution in [3.05, 3.63) is 12.8 Å². The van der Waals surface area contributed by atoms with Crippen LogP contribution in [0.5, 0.6) is 0 Å². The maximum Gasteiger partial charge on any atom is 0.412 e. The minimum Gasteiger partial charge on any atom is -0.419 e. The maximum atomic E-state index is 10.9. The quantitative estimate of drug-likeness (QED) is 0.286. The first kappa shape index (κ1) is 18.3. The van der Waals surface area contributed by atoms with E-state index in [0.29, 0.717) is 13.2 Å². The first-order valence-corrected chi connectivity index (χ1v) is 6.94. The van der Waals surface area contributed by atoms with Gasteiger partial charge in [-0.25, -0.2) is 4.79 Å². The van der Waals surface area contributed by atoms with Crippen LogP contribution in [0, 0.1) is 0 Å². The Balaban J connectivity index is 3.65. The third kappa shape index (κ3) is 12.1. The van der Waals surface area contributed by atoms with Crippen molar-refractivity contribution in [3.63, 3.8) is 0 Å². The number of amides is 1. The second-order valence-corrected chi connectivity index (χ2v) is 5.91. The van der Waals surface area contributed by atoms with Crippen LogP contribution in [-0.2, 0) is 18.3 Å². The van der Waals surface area contributed by atoms with Gasteiger partial charge in [-0.05, 0) is 0 Å². The molecule has 0 heterocycles. The van der Waals surface area contributed by atoms with Gasteiger partial charge < -0.3 is 28.1 Å². The van der Waals surface area contributed by atoms with Crippen LogP contribution in [0.4, 0.5) is 4.79 Å². The number of alkyl carbamates (subject to hydrolysis) is 1. The van der Waals surface area contributed by atoms with E-state index in [-0.39, 0.29) is 6.61 Å². The molecule has 0 fully saturated rings. The Hall–Kier alpha value is -0.720. The predicted octanol–water partition coefficient (Wildman–Crippen LogP) is 1.47. The van der Waals surface area contributed by atoms with Gasteiger partial charge in [-0.15, -0.1) is 0 Å². The standard InChI is InChI=1S/C11H23N2O5P/c1-6-16-11(14)12-7-9-17-19(15-5)18-10-8-13(2,3)4/h6H,1,7-10H2,2-5H3/p+1. The third-order valence-electron chi connectivity index (χ3n) is 1.87. The zero-order valence-electron chi connectivity index (χ0n) is 12.0. The molecule has 0 aliphatic carbocycles. The summed E-state index contributed by atoms with van der Waals surface area (Å²) < 4.78 is 21.2. The molecule has 0 aromatic rings. The van der Waals surface area contributed by atoms with E-state index in [2.05, 4.69) is 37.8 Å². The van der Waals surface area contributed by atoms with E-state index in [1.54, 1.807) is 0 Å². The Labute approximate surface area is 116 Å². The number of hydrogen-bond donors (Lipinski definition) is 1. The Morgan fingerprint density at radius 2 is 1.95 bits per heavy atom. The van der Waals surface area contributed by atoms with Crippen LogP contribution in [0.3, 0.4) is 0 Å². The number of carbonyl (C=O) groups excluding carboxylic acids is 1. The minimum atomic E-state index is -1.37. The van der Waals surface area contributed by atoms with E-state index in [4.69, 9.17) is 13.6 Å². The lowest BCUT2D eigenvalue weighted by Gasteiger charge is -2.24. The number of quaternary nitrogens is 1. The Morgan fingerprint density at radius 1 is 1.32 bits per heavy atom. The molecule has 8 heteroatoms. The zero-order valence-corrected chi connectivity index (χ0v) is 12.9. The molecule has 0 aliphatic rings. The number of hydrogen-bond acceptors (Lipinski definition) is 5. The van der Waals surface area contributed by atoms with Crippen LogP contribution in [0.25, 0.3) is 0 Å². The molecular weight excluding hydrogens is 271 g/mol. The van der Waals surface area contributed by atoms with Gasteiger partial charge in [0.1, 0.15) is 13.2 Å². The van der Waals surface area contributed by atoms with E-state index in [1.165, 1.54) is 7.11 Å². The van der Waals surface area contributed by atoms with Gasteiger partial charge in [-0.3, -0.25) is 0 Å². The van der Waals surface area contributed by atoms with Crippen molar-refractivity contribution in [3.8, 4) is 0 Å².